The topological polar surface area (TPSA) is 12.7 Å². The van der Waals surface area contributed by atoms with E-state index in [1.807, 2.05) is 0 Å². The first kappa shape index (κ1) is 25.1. The van der Waals surface area contributed by atoms with Crippen LogP contribution in [-0.4, -0.2) is 4.57 Å². The molecule has 8 aromatic rings. The predicted octanol–water partition coefficient (Wildman–Crippen LogP) is 8.36. The van der Waals surface area contributed by atoms with Gasteiger partial charge in [-0.15, -0.1) is 4.57 Å². The normalized spacial score (nSPS) is 17.5. The second kappa shape index (κ2) is 8.26. The Morgan fingerprint density at radius 3 is 1.83 bits per heavy atom. The van der Waals surface area contributed by atoms with E-state index in [9.17, 15) is 0 Å². The van der Waals surface area contributed by atoms with Gasteiger partial charge in [-0.25, -0.2) is 4.57 Å². The van der Waals surface area contributed by atoms with Gasteiger partial charge in [0.2, 0.25) is 5.69 Å². The van der Waals surface area contributed by atoms with Crippen molar-refractivity contribution in [1.82, 2.24) is 4.57 Å². The summed E-state index contributed by atoms with van der Waals surface area (Å²) in [7, 11) is 2.24. The zero-order valence-corrected chi connectivity index (χ0v) is 26.4. The van der Waals surface area contributed by atoms with Gasteiger partial charge in [-0.2, -0.15) is 4.57 Å². The zero-order valence-electron chi connectivity index (χ0n) is 26.4. The molecule has 3 nitrogen and oxygen atoms in total. The van der Waals surface area contributed by atoms with Crippen molar-refractivity contribution < 1.29 is 9.13 Å². The van der Waals surface area contributed by atoms with Crippen LogP contribution in [-0.2, 0) is 18.1 Å². The summed E-state index contributed by atoms with van der Waals surface area (Å²) in [6.45, 7) is 0. The van der Waals surface area contributed by atoms with E-state index in [4.69, 9.17) is 0 Å². The Kier molecular flexibility index (Phi) is 4.31. The summed E-state index contributed by atoms with van der Waals surface area (Å²) in [6.07, 6.45) is 2.36. The molecule has 4 aliphatic rings. The van der Waals surface area contributed by atoms with Gasteiger partial charge in [-0.1, -0.05) is 115 Å². The maximum Gasteiger partial charge on any atom is 0.365 e. The Hall–Kier alpha value is -6.06. The third-order valence-corrected chi connectivity index (χ3v) is 11.9. The molecule has 0 saturated heterocycles. The lowest BCUT2D eigenvalue weighted by atomic mass is 9.58. The van der Waals surface area contributed by atoms with Crippen molar-refractivity contribution >= 4 is 11.0 Å². The molecule has 2 aliphatic carbocycles. The highest BCUT2D eigenvalue weighted by Crippen LogP contribution is 2.67. The number of pyridine rings is 1. The molecule has 1 unspecified atom stereocenters. The van der Waals surface area contributed by atoms with Crippen molar-refractivity contribution in [2.45, 2.75) is 11.1 Å². The van der Waals surface area contributed by atoms with Gasteiger partial charge >= 0.3 is 5.66 Å². The van der Waals surface area contributed by atoms with Crippen molar-refractivity contribution in [3.8, 4) is 44.9 Å². The lowest BCUT2D eigenvalue weighted by Crippen LogP contribution is -2.61. The summed E-state index contributed by atoms with van der Waals surface area (Å²) in [6, 6.07) is 56.9. The molecule has 2 aliphatic heterocycles. The SMILES string of the molecule is C[n+]1c2n(c3ccccc31)C13c4c(cccc4C4(c5ccccc5-c5ccccc54)c4cccc-2c41)-c1cc(-c2ccccc2)cc[n+]13. The smallest absolute Gasteiger partial charge is 0.225 e. The standard InChI is InChI=1S/C45H29N3/c1-46-38-23-9-10-24-39(38)48-43(46)33-18-12-22-37-42(33)45(48)41-32(40-27-29(25-26-47(40)45)28-13-3-2-4-14-28)17-11-21-36(41)44(37)34-19-7-5-15-30(34)31-16-6-8-20-35(31)44/h2-27H,1H3/q+2. The van der Waals surface area contributed by atoms with E-state index >= 15 is 0 Å². The molecule has 48 heavy (non-hydrogen) atoms. The molecule has 0 bridgehead atoms. The molecule has 2 aromatic heterocycles. The molecule has 222 valence electrons. The summed E-state index contributed by atoms with van der Waals surface area (Å²) in [4.78, 5) is 0. The van der Waals surface area contributed by atoms with E-state index in [-0.39, 0.29) is 0 Å². The minimum absolute atomic E-state index is 0.448. The summed E-state index contributed by atoms with van der Waals surface area (Å²) in [5.74, 6) is 1.25. The van der Waals surface area contributed by atoms with Crippen LogP contribution in [0.2, 0.25) is 0 Å². The van der Waals surface area contributed by atoms with Crippen molar-refractivity contribution in [2.24, 2.45) is 7.05 Å². The van der Waals surface area contributed by atoms with Crippen LogP contribution >= 0.6 is 0 Å². The number of imidazole rings is 1. The van der Waals surface area contributed by atoms with Crippen LogP contribution in [0.15, 0.2) is 158 Å². The fraction of sp³-hybridized carbons (Fsp3) is 0.0667. The predicted molar refractivity (Wildman–Crippen MR) is 188 cm³/mol. The quantitative estimate of drug-likeness (QED) is 0.166. The first-order chi connectivity index (χ1) is 23.8. The van der Waals surface area contributed by atoms with E-state index in [0.29, 0.717) is 0 Å². The molecule has 2 spiro atoms. The van der Waals surface area contributed by atoms with E-state index in [0.717, 1.165) is 0 Å². The molecule has 4 heterocycles. The average Bonchev–Trinajstić information content (AvgIpc) is 3.83. The van der Waals surface area contributed by atoms with E-state index < -0.39 is 11.1 Å². The summed E-state index contributed by atoms with van der Waals surface area (Å²) < 4.78 is 7.68. The molecule has 0 N–H and O–H groups in total. The second-order valence-corrected chi connectivity index (χ2v) is 13.7. The van der Waals surface area contributed by atoms with E-state index in [1.165, 1.54) is 89.3 Å². The molecule has 0 saturated carbocycles. The van der Waals surface area contributed by atoms with Gasteiger partial charge in [-0.05, 0) is 68.8 Å². The van der Waals surface area contributed by atoms with Gasteiger partial charge in [0.05, 0.1) is 34.7 Å². The zero-order chi connectivity index (χ0) is 31.4. The molecular formula is C45H29N3+2. The van der Waals surface area contributed by atoms with E-state index in [2.05, 4.69) is 179 Å². The number of fused-ring (bicyclic) bond motifs is 13. The molecular weight excluding hydrogens is 583 g/mol. The summed E-state index contributed by atoms with van der Waals surface area (Å²) >= 11 is 0. The molecule has 0 amide bonds. The van der Waals surface area contributed by atoms with Crippen LogP contribution in [0.4, 0.5) is 0 Å². The molecule has 6 aromatic carbocycles. The maximum absolute atomic E-state index is 2.66. The van der Waals surface area contributed by atoms with Gasteiger partial charge in [0.15, 0.2) is 17.2 Å². The minimum atomic E-state index is -0.587. The van der Waals surface area contributed by atoms with Gasteiger partial charge in [-0.3, -0.25) is 0 Å². The highest BCUT2D eigenvalue weighted by atomic mass is 15.4. The first-order valence-electron chi connectivity index (χ1n) is 16.9. The van der Waals surface area contributed by atoms with Crippen molar-refractivity contribution in [3.05, 3.63) is 191 Å². The summed E-state index contributed by atoms with van der Waals surface area (Å²) in [5.41, 5.74) is 18.7. The van der Waals surface area contributed by atoms with Gasteiger partial charge in [0.1, 0.15) is 0 Å². The first-order valence-corrected chi connectivity index (χ1v) is 16.9. The van der Waals surface area contributed by atoms with Gasteiger partial charge in [0, 0.05) is 12.1 Å². The van der Waals surface area contributed by atoms with E-state index in [1.54, 1.807) is 0 Å². The number of aryl methyl sites for hydroxylation is 1. The third-order valence-electron chi connectivity index (χ3n) is 11.9. The Balaban J connectivity index is 1.34. The van der Waals surface area contributed by atoms with Crippen LogP contribution in [0.25, 0.3) is 55.9 Å². The maximum atomic E-state index is 2.66. The molecule has 12 rings (SSSR count). The number of rotatable bonds is 1. The second-order valence-electron chi connectivity index (χ2n) is 13.7. The molecule has 3 heteroatoms. The Bertz CT molecular complexity index is 2710. The van der Waals surface area contributed by atoms with Crippen molar-refractivity contribution in [3.63, 3.8) is 0 Å². The average molecular weight is 612 g/mol. The fourth-order valence-corrected chi connectivity index (χ4v) is 10.3. The number of aromatic nitrogens is 3. The van der Waals surface area contributed by atoms with Crippen LogP contribution < -0.4 is 9.13 Å². The number of hydrogen-bond acceptors (Lipinski definition) is 0. The Labute approximate surface area is 278 Å². The van der Waals surface area contributed by atoms with Crippen LogP contribution in [0.1, 0.15) is 33.4 Å². The van der Waals surface area contributed by atoms with Crippen molar-refractivity contribution in [1.29, 1.82) is 0 Å². The van der Waals surface area contributed by atoms with Gasteiger partial charge in [0.25, 0.3) is 5.82 Å². The molecule has 0 radical (unpaired) electrons. The lowest BCUT2D eigenvalue weighted by molar-refractivity contribution is -0.734. The summed E-state index contributed by atoms with van der Waals surface area (Å²) in [5, 5.41) is 0. The fourth-order valence-electron chi connectivity index (χ4n) is 10.3. The van der Waals surface area contributed by atoms with Crippen LogP contribution in [0.5, 0.6) is 0 Å². The monoisotopic (exact) mass is 611 g/mol. The Morgan fingerprint density at radius 1 is 0.500 bits per heavy atom. The third kappa shape index (κ3) is 2.49. The minimum Gasteiger partial charge on any atom is -0.225 e. The molecule has 0 fully saturated rings. The van der Waals surface area contributed by atoms with Gasteiger partial charge < -0.3 is 0 Å². The Morgan fingerprint density at radius 2 is 1.08 bits per heavy atom. The number of para-hydroxylation sites is 2. The highest BCUT2D eigenvalue weighted by molar-refractivity contribution is 5.94. The van der Waals surface area contributed by atoms with Crippen LogP contribution in [0.3, 0.4) is 0 Å². The van der Waals surface area contributed by atoms with Crippen molar-refractivity contribution in [2.75, 3.05) is 0 Å². The lowest BCUT2D eigenvalue weighted by Gasteiger charge is -2.42. The highest BCUT2D eigenvalue weighted by Gasteiger charge is 2.72. The molecule has 1 atom stereocenters. The number of benzene rings is 6. The number of hydrogen-bond donors (Lipinski definition) is 0. The number of nitrogens with zero attached hydrogens (tertiary/aromatic N) is 3. The van der Waals surface area contributed by atoms with Crippen LogP contribution in [0, 0.1) is 0 Å². The largest absolute Gasteiger partial charge is 0.365 e.